The van der Waals surface area contributed by atoms with E-state index in [1.807, 2.05) is 0 Å². The lowest BCUT2D eigenvalue weighted by Gasteiger charge is -2.07. The summed E-state index contributed by atoms with van der Waals surface area (Å²) in [6.45, 7) is 3.64. The largest absolute Gasteiger partial charge is 0.382 e. The summed E-state index contributed by atoms with van der Waals surface area (Å²) >= 11 is 11.6. The molecule has 1 aromatic rings. The molecule has 0 aliphatic heterocycles. The second-order valence-electron chi connectivity index (χ2n) is 3.85. The summed E-state index contributed by atoms with van der Waals surface area (Å²) in [7, 11) is 1.64. The number of pyridine rings is 1. The maximum Gasteiger partial charge on any atom is 0.136 e. The number of rotatable bonds is 11. The fraction of sp³-hybridized carbons (Fsp3) is 0.615. The van der Waals surface area contributed by atoms with Crippen LogP contribution in [0.4, 0.5) is 0 Å². The molecule has 0 atom stereocenters. The van der Waals surface area contributed by atoms with Crippen molar-refractivity contribution >= 4 is 23.2 Å². The van der Waals surface area contributed by atoms with Crippen LogP contribution in [0.15, 0.2) is 12.1 Å². The van der Waals surface area contributed by atoms with Crippen LogP contribution < -0.4 is 0 Å². The fourth-order valence-electron chi connectivity index (χ4n) is 1.31. The number of aromatic nitrogens is 1. The minimum absolute atomic E-state index is 0.366. The van der Waals surface area contributed by atoms with Crippen LogP contribution in [0.1, 0.15) is 5.56 Å². The second kappa shape index (κ2) is 11.3. The SMILES string of the molecule is COCCOCCOCCOCc1ccc(Cl)nc1Cl. The van der Waals surface area contributed by atoms with Gasteiger partial charge < -0.3 is 18.9 Å². The van der Waals surface area contributed by atoms with Gasteiger partial charge in [-0.25, -0.2) is 4.98 Å². The summed E-state index contributed by atoms with van der Waals surface area (Å²) in [4.78, 5) is 3.93. The minimum Gasteiger partial charge on any atom is -0.382 e. The van der Waals surface area contributed by atoms with Gasteiger partial charge in [-0.2, -0.15) is 0 Å². The van der Waals surface area contributed by atoms with Gasteiger partial charge in [0.2, 0.25) is 0 Å². The van der Waals surface area contributed by atoms with E-state index < -0.39 is 0 Å². The van der Waals surface area contributed by atoms with E-state index >= 15 is 0 Å². The van der Waals surface area contributed by atoms with Crippen molar-refractivity contribution in [2.24, 2.45) is 0 Å². The highest BCUT2D eigenvalue weighted by Gasteiger charge is 2.02. The van der Waals surface area contributed by atoms with Crippen molar-refractivity contribution in [2.45, 2.75) is 6.61 Å². The molecule has 0 spiro atoms. The van der Waals surface area contributed by atoms with Crippen LogP contribution in [0, 0.1) is 0 Å². The van der Waals surface area contributed by atoms with Crippen LogP contribution >= 0.6 is 23.2 Å². The molecular formula is C13H19Cl2NO4. The van der Waals surface area contributed by atoms with Crippen LogP contribution in [0.2, 0.25) is 10.3 Å². The molecule has 0 aromatic carbocycles. The van der Waals surface area contributed by atoms with Gasteiger partial charge in [0, 0.05) is 12.7 Å². The second-order valence-corrected chi connectivity index (χ2v) is 4.60. The molecule has 7 heteroatoms. The Morgan fingerprint density at radius 2 is 1.50 bits per heavy atom. The van der Waals surface area contributed by atoms with E-state index in [2.05, 4.69) is 4.98 Å². The Hall–Kier alpha value is -0.430. The van der Waals surface area contributed by atoms with Crippen LogP contribution in [0.5, 0.6) is 0 Å². The molecule has 1 aromatic heterocycles. The van der Waals surface area contributed by atoms with Crippen LogP contribution in [-0.4, -0.2) is 51.7 Å². The number of methoxy groups -OCH3 is 1. The average molecular weight is 324 g/mol. The molecule has 20 heavy (non-hydrogen) atoms. The van der Waals surface area contributed by atoms with E-state index in [0.29, 0.717) is 56.6 Å². The first-order valence-corrected chi connectivity index (χ1v) is 7.02. The first kappa shape index (κ1) is 17.6. The molecule has 0 amide bonds. The van der Waals surface area contributed by atoms with Crippen molar-refractivity contribution in [3.8, 4) is 0 Å². The molecule has 0 bridgehead atoms. The Morgan fingerprint density at radius 1 is 0.900 bits per heavy atom. The Labute approximate surface area is 129 Å². The Morgan fingerprint density at radius 3 is 2.10 bits per heavy atom. The smallest absolute Gasteiger partial charge is 0.136 e. The van der Waals surface area contributed by atoms with Gasteiger partial charge in [0.05, 0.1) is 46.2 Å². The summed E-state index contributed by atoms with van der Waals surface area (Å²) in [6, 6.07) is 3.47. The lowest BCUT2D eigenvalue weighted by molar-refractivity contribution is 0.000849. The fourth-order valence-corrected chi connectivity index (χ4v) is 1.71. The van der Waals surface area contributed by atoms with Gasteiger partial charge >= 0.3 is 0 Å². The molecular weight excluding hydrogens is 305 g/mol. The Bertz CT molecular complexity index is 379. The van der Waals surface area contributed by atoms with Gasteiger partial charge in [0.15, 0.2) is 0 Å². The molecule has 0 radical (unpaired) electrons. The maximum absolute atomic E-state index is 5.92. The molecule has 1 rings (SSSR count). The van der Waals surface area contributed by atoms with Gasteiger partial charge in [0.25, 0.3) is 0 Å². The molecule has 1 heterocycles. The lowest BCUT2D eigenvalue weighted by Crippen LogP contribution is -2.11. The molecule has 0 N–H and O–H groups in total. The number of hydrogen-bond acceptors (Lipinski definition) is 5. The zero-order chi connectivity index (χ0) is 14.6. The number of halogens is 2. The lowest BCUT2D eigenvalue weighted by atomic mass is 10.3. The third kappa shape index (κ3) is 7.99. The van der Waals surface area contributed by atoms with Crippen LogP contribution in [-0.2, 0) is 25.6 Å². The molecule has 114 valence electrons. The first-order chi connectivity index (χ1) is 9.74. The molecule has 0 aliphatic rings. The van der Waals surface area contributed by atoms with Crippen LogP contribution in [0.25, 0.3) is 0 Å². The van der Waals surface area contributed by atoms with Gasteiger partial charge in [-0.1, -0.05) is 29.3 Å². The highest BCUT2D eigenvalue weighted by Crippen LogP contribution is 2.17. The molecule has 0 aliphatic carbocycles. The van der Waals surface area contributed by atoms with Gasteiger partial charge in [-0.3, -0.25) is 0 Å². The molecule has 0 unspecified atom stereocenters. The van der Waals surface area contributed by atoms with Gasteiger partial charge in [0.1, 0.15) is 10.3 Å². The first-order valence-electron chi connectivity index (χ1n) is 6.27. The maximum atomic E-state index is 5.92. The number of nitrogens with zero attached hydrogens (tertiary/aromatic N) is 1. The van der Waals surface area contributed by atoms with E-state index in [1.54, 1.807) is 19.2 Å². The normalized spacial score (nSPS) is 10.9. The van der Waals surface area contributed by atoms with E-state index in [0.717, 1.165) is 5.56 Å². The van der Waals surface area contributed by atoms with Crippen molar-refractivity contribution in [2.75, 3.05) is 46.8 Å². The summed E-state index contributed by atoms with van der Waals surface area (Å²) in [5, 5.41) is 0.737. The average Bonchev–Trinajstić information content (AvgIpc) is 2.43. The number of ether oxygens (including phenoxy) is 4. The van der Waals surface area contributed by atoms with Crippen molar-refractivity contribution in [1.29, 1.82) is 0 Å². The number of hydrogen-bond donors (Lipinski definition) is 0. The standard InChI is InChI=1S/C13H19Cl2NO4/c1-17-4-5-18-6-7-19-8-9-20-10-11-2-3-12(14)16-13(11)15/h2-3H,4-10H2,1H3. The third-order valence-corrected chi connectivity index (χ3v) is 2.86. The van der Waals surface area contributed by atoms with E-state index in [-0.39, 0.29) is 0 Å². The summed E-state index contributed by atoms with van der Waals surface area (Å²) in [6.07, 6.45) is 0. The molecule has 0 saturated carbocycles. The minimum atomic E-state index is 0.366. The van der Waals surface area contributed by atoms with E-state index in [9.17, 15) is 0 Å². The van der Waals surface area contributed by atoms with Crippen LogP contribution in [0.3, 0.4) is 0 Å². The molecule has 0 fully saturated rings. The van der Waals surface area contributed by atoms with E-state index in [1.165, 1.54) is 0 Å². The highest BCUT2D eigenvalue weighted by molar-refractivity contribution is 6.32. The highest BCUT2D eigenvalue weighted by atomic mass is 35.5. The predicted molar refractivity (Wildman–Crippen MR) is 77.4 cm³/mol. The van der Waals surface area contributed by atoms with Crippen molar-refractivity contribution in [1.82, 2.24) is 4.98 Å². The monoisotopic (exact) mass is 323 g/mol. The topological polar surface area (TPSA) is 49.8 Å². The molecule has 5 nitrogen and oxygen atoms in total. The zero-order valence-electron chi connectivity index (χ0n) is 11.4. The molecule has 0 saturated heterocycles. The summed E-state index contributed by atoms with van der Waals surface area (Å²) < 4.78 is 20.9. The summed E-state index contributed by atoms with van der Waals surface area (Å²) in [5.41, 5.74) is 0.805. The van der Waals surface area contributed by atoms with E-state index in [4.69, 9.17) is 42.1 Å². The zero-order valence-corrected chi connectivity index (χ0v) is 13.0. The predicted octanol–water partition coefficient (Wildman–Crippen LogP) is 2.58. The van der Waals surface area contributed by atoms with Gasteiger partial charge in [-0.05, 0) is 6.07 Å². The van der Waals surface area contributed by atoms with Gasteiger partial charge in [-0.15, -0.1) is 0 Å². The third-order valence-electron chi connectivity index (χ3n) is 2.33. The van der Waals surface area contributed by atoms with Crippen molar-refractivity contribution in [3.05, 3.63) is 28.0 Å². The Balaban J connectivity index is 1.97. The summed E-state index contributed by atoms with van der Waals surface area (Å²) in [5.74, 6) is 0. The quantitative estimate of drug-likeness (QED) is 0.462. The Kier molecular flexibility index (Phi) is 9.92. The van der Waals surface area contributed by atoms with Crippen molar-refractivity contribution < 1.29 is 18.9 Å². The van der Waals surface area contributed by atoms with Crippen molar-refractivity contribution in [3.63, 3.8) is 0 Å².